The van der Waals surface area contributed by atoms with Gasteiger partial charge in [0.05, 0.1) is 24.1 Å². The summed E-state index contributed by atoms with van der Waals surface area (Å²) in [7, 11) is -3.10. The molecule has 2 atom stereocenters. The summed E-state index contributed by atoms with van der Waals surface area (Å²) in [6, 6.07) is 7.29. The summed E-state index contributed by atoms with van der Waals surface area (Å²) in [5, 5.41) is 0. The van der Waals surface area contributed by atoms with Crippen molar-refractivity contribution in [2.45, 2.75) is 44.4 Å². The maximum absolute atomic E-state index is 14.9. The van der Waals surface area contributed by atoms with Gasteiger partial charge in [0, 0.05) is 23.7 Å². The number of rotatable bonds is 6. The topological polar surface area (TPSA) is 124 Å². The Labute approximate surface area is 214 Å². The van der Waals surface area contributed by atoms with Crippen LogP contribution in [0.25, 0.3) is 11.3 Å². The number of sulfonamides is 1. The van der Waals surface area contributed by atoms with E-state index < -0.39 is 27.6 Å². The molecule has 1 fully saturated rings. The zero-order chi connectivity index (χ0) is 27.1. The molecule has 3 aromatic rings. The van der Waals surface area contributed by atoms with Crippen molar-refractivity contribution in [1.82, 2.24) is 14.7 Å². The number of ether oxygens (including phenoxy) is 1. The Hall–Kier alpha value is -3.60. The quantitative estimate of drug-likeness (QED) is 0.475. The van der Waals surface area contributed by atoms with Crippen molar-refractivity contribution < 1.29 is 26.7 Å². The molecule has 8 nitrogen and oxygen atoms in total. The lowest BCUT2D eigenvalue weighted by atomic mass is 9.78. The molecular weight excluding hydrogens is 502 g/mol. The van der Waals surface area contributed by atoms with Crippen molar-refractivity contribution in [3.05, 3.63) is 65.5 Å². The third-order valence-corrected chi connectivity index (χ3v) is 8.17. The van der Waals surface area contributed by atoms with Gasteiger partial charge in [-0.05, 0) is 54.5 Å². The summed E-state index contributed by atoms with van der Waals surface area (Å²) in [5.74, 6) is -2.84. The van der Waals surface area contributed by atoms with Crippen molar-refractivity contribution in [3.8, 4) is 17.0 Å². The number of carbonyl (C=O) groups is 1. The van der Waals surface area contributed by atoms with E-state index in [2.05, 4.69) is 16.9 Å². The zero-order valence-corrected chi connectivity index (χ0v) is 21.7. The molecule has 2 aromatic heterocycles. The maximum Gasteiger partial charge on any atom is 0.267 e. The van der Waals surface area contributed by atoms with E-state index in [0.29, 0.717) is 18.0 Å². The van der Waals surface area contributed by atoms with E-state index in [0.717, 1.165) is 18.6 Å². The molecule has 0 saturated heterocycles. The van der Waals surface area contributed by atoms with Crippen LogP contribution >= 0.6 is 0 Å². The molecule has 1 unspecified atom stereocenters. The van der Waals surface area contributed by atoms with Crippen molar-refractivity contribution >= 4 is 21.7 Å². The first-order chi connectivity index (χ1) is 17.3. The molecule has 2 heterocycles. The summed E-state index contributed by atoms with van der Waals surface area (Å²) in [6.45, 7) is 6.16. The van der Waals surface area contributed by atoms with Gasteiger partial charge >= 0.3 is 0 Å². The summed E-state index contributed by atoms with van der Waals surface area (Å²) in [4.78, 5) is 21.4. The lowest BCUT2D eigenvalue weighted by molar-refractivity contribution is 0.0978. The van der Waals surface area contributed by atoms with Crippen LogP contribution in [0.15, 0.2) is 47.5 Å². The fourth-order valence-electron chi connectivity index (χ4n) is 5.15. The van der Waals surface area contributed by atoms with Crippen LogP contribution in [-0.2, 0) is 10.0 Å². The molecule has 1 aliphatic rings. The van der Waals surface area contributed by atoms with Gasteiger partial charge in [0.1, 0.15) is 16.5 Å². The Morgan fingerprint density at radius 1 is 1.19 bits per heavy atom. The average molecular weight is 531 g/mol. The second kappa shape index (κ2) is 9.70. The first-order valence-corrected chi connectivity index (χ1v) is 13.1. The standard InChI is InChI=1S/C26H28F2N4O4S/c1-14-10-17(26(2,3)13-14)23-15(25(33)32-37(34,35)22-6-5-9-30-24(22)29)7-8-20(31-23)16-11-19(28)21(36-4)12-18(16)27/h5-9,11-12,14,17H,10,13H2,1-4H3,(H2,29,30)(H,32,33)/t14-,17?/m1/s1. The number of hydrogen-bond donors (Lipinski definition) is 2. The zero-order valence-electron chi connectivity index (χ0n) is 20.9. The number of halogens is 2. The fourth-order valence-corrected chi connectivity index (χ4v) is 6.20. The van der Waals surface area contributed by atoms with Gasteiger partial charge in [-0.1, -0.05) is 20.8 Å². The van der Waals surface area contributed by atoms with Gasteiger partial charge in [0.25, 0.3) is 15.9 Å². The van der Waals surface area contributed by atoms with E-state index in [1.807, 2.05) is 18.6 Å². The lowest BCUT2D eigenvalue weighted by Crippen LogP contribution is -2.33. The molecule has 1 aliphatic carbocycles. The number of anilines is 1. The number of nitrogen functional groups attached to an aromatic ring is 1. The molecule has 11 heteroatoms. The van der Waals surface area contributed by atoms with E-state index in [9.17, 15) is 22.0 Å². The van der Waals surface area contributed by atoms with E-state index in [4.69, 9.17) is 10.5 Å². The Morgan fingerprint density at radius 2 is 1.92 bits per heavy atom. The number of nitrogens with one attached hydrogen (secondary N) is 1. The highest BCUT2D eigenvalue weighted by Crippen LogP contribution is 2.52. The molecule has 3 N–H and O–H groups in total. The molecule has 1 aromatic carbocycles. The fraction of sp³-hybridized carbons (Fsp3) is 0.346. The Morgan fingerprint density at radius 3 is 2.54 bits per heavy atom. The van der Waals surface area contributed by atoms with E-state index in [-0.39, 0.29) is 44.6 Å². The Bertz CT molecular complexity index is 1480. The van der Waals surface area contributed by atoms with Crippen LogP contribution in [0.5, 0.6) is 5.75 Å². The minimum Gasteiger partial charge on any atom is -0.494 e. The highest BCUT2D eigenvalue weighted by molar-refractivity contribution is 7.90. The highest BCUT2D eigenvalue weighted by Gasteiger charge is 2.42. The van der Waals surface area contributed by atoms with Crippen LogP contribution in [0, 0.1) is 23.0 Å². The number of methoxy groups -OCH3 is 1. The molecule has 196 valence electrons. The van der Waals surface area contributed by atoms with Crippen molar-refractivity contribution in [1.29, 1.82) is 0 Å². The maximum atomic E-state index is 14.9. The largest absolute Gasteiger partial charge is 0.494 e. The first kappa shape index (κ1) is 26.5. The monoisotopic (exact) mass is 530 g/mol. The number of nitrogens with zero attached hydrogens (tertiary/aromatic N) is 2. The molecule has 37 heavy (non-hydrogen) atoms. The smallest absolute Gasteiger partial charge is 0.267 e. The van der Waals surface area contributed by atoms with Crippen LogP contribution in [-0.4, -0.2) is 31.4 Å². The predicted octanol–water partition coefficient (Wildman–Crippen LogP) is 4.67. The van der Waals surface area contributed by atoms with Crippen LogP contribution in [0.3, 0.4) is 0 Å². The molecule has 0 aliphatic heterocycles. The molecule has 1 saturated carbocycles. The Kier molecular flexibility index (Phi) is 6.93. The van der Waals surface area contributed by atoms with E-state index in [1.165, 1.54) is 37.6 Å². The number of pyridine rings is 2. The number of amides is 1. The molecule has 0 radical (unpaired) electrons. The normalized spacial score (nSPS) is 19.0. The number of benzene rings is 1. The van der Waals surface area contributed by atoms with Gasteiger partial charge < -0.3 is 10.5 Å². The number of hydrogen-bond acceptors (Lipinski definition) is 7. The lowest BCUT2D eigenvalue weighted by Gasteiger charge is -2.28. The molecular formula is C26H28F2N4O4S. The second-order valence-electron chi connectivity index (χ2n) is 10.0. The van der Waals surface area contributed by atoms with Crippen molar-refractivity contribution in [3.63, 3.8) is 0 Å². The second-order valence-corrected chi connectivity index (χ2v) is 11.7. The van der Waals surface area contributed by atoms with Gasteiger partial charge in [-0.3, -0.25) is 9.78 Å². The summed E-state index contributed by atoms with van der Waals surface area (Å²) < 4.78 is 62.0. The summed E-state index contributed by atoms with van der Waals surface area (Å²) in [6.07, 6.45) is 2.87. The van der Waals surface area contributed by atoms with Gasteiger partial charge in [0.15, 0.2) is 11.6 Å². The van der Waals surface area contributed by atoms with Gasteiger partial charge in [0.2, 0.25) is 0 Å². The Balaban J connectivity index is 1.82. The average Bonchev–Trinajstić information content (AvgIpc) is 3.11. The summed E-state index contributed by atoms with van der Waals surface area (Å²) >= 11 is 0. The first-order valence-electron chi connectivity index (χ1n) is 11.7. The third-order valence-electron chi connectivity index (χ3n) is 6.79. The summed E-state index contributed by atoms with van der Waals surface area (Å²) in [5.41, 5.74) is 5.77. The van der Waals surface area contributed by atoms with Gasteiger partial charge in [-0.2, -0.15) is 0 Å². The minimum atomic E-state index is -4.34. The van der Waals surface area contributed by atoms with Crippen LogP contribution in [0.2, 0.25) is 0 Å². The van der Waals surface area contributed by atoms with E-state index >= 15 is 0 Å². The number of nitrogens with two attached hydrogens (primary N) is 1. The molecule has 0 bridgehead atoms. The SMILES string of the molecule is COc1cc(F)c(-c2ccc(C(=O)NS(=O)(=O)c3cccnc3N)c(C3C[C@@H](C)CC3(C)C)n2)cc1F. The highest BCUT2D eigenvalue weighted by atomic mass is 32.2. The van der Waals surface area contributed by atoms with E-state index in [1.54, 1.807) is 0 Å². The molecule has 4 rings (SSSR count). The van der Waals surface area contributed by atoms with Crippen LogP contribution in [0.1, 0.15) is 55.6 Å². The van der Waals surface area contributed by atoms with Crippen molar-refractivity contribution in [2.75, 3.05) is 12.8 Å². The minimum absolute atomic E-state index is 0.0244. The van der Waals surface area contributed by atoms with Crippen LogP contribution in [0.4, 0.5) is 14.6 Å². The third kappa shape index (κ3) is 5.13. The molecule has 0 spiro atoms. The number of aromatic nitrogens is 2. The van der Waals surface area contributed by atoms with Crippen molar-refractivity contribution in [2.24, 2.45) is 11.3 Å². The van der Waals surface area contributed by atoms with Gasteiger partial charge in [-0.25, -0.2) is 26.9 Å². The number of carbonyl (C=O) groups excluding carboxylic acids is 1. The predicted molar refractivity (Wildman–Crippen MR) is 134 cm³/mol. The molecule has 1 amide bonds. The van der Waals surface area contributed by atoms with Gasteiger partial charge in [-0.15, -0.1) is 0 Å². The van der Waals surface area contributed by atoms with Crippen LogP contribution < -0.4 is 15.2 Å².